The van der Waals surface area contributed by atoms with E-state index in [2.05, 4.69) is 5.32 Å². The summed E-state index contributed by atoms with van der Waals surface area (Å²) in [4.78, 5) is 12.6. The number of carbonyl (C=O) groups excluding carboxylic acids is 1. The van der Waals surface area contributed by atoms with E-state index >= 15 is 0 Å². The molecule has 3 rings (SSSR count). The molecule has 0 radical (unpaired) electrons. The quantitative estimate of drug-likeness (QED) is 0.739. The molecule has 0 heterocycles. The minimum Gasteiger partial charge on any atom is -0.497 e. The van der Waals surface area contributed by atoms with Gasteiger partial charge in [0.1, 0.15) is 17.2 Å². The largest absolute Gasteiger partial charge is 0.497 e. The van der Waals surface area contributed by atoms with Gasteiger partial charge in [-0.3, -0.25) is 4.79 Å². The monoisotopic (exact) mass is 319 g/mol. The highest BCUT2D eigenvalue weighted by Gasteiger charge is 2.13. The number of ether oxygens (including phenoxy) is 2. The summed E-state index contributed by atoms with van der Waals surface area (Å²) in [5.41, 5.74) is 1.16. The Morgan fingerprint density at radius 3 is 2.17 bits per heavy atom. The lowest BCUT2D eigenvalue weighted by Crippen LogP contribution is -2.12. The van der Waals surface area contributed by atoms with Gasteiger partial charge >= 0.3 is 0 Å². The van der Waals surface area contributed by atoms with Crippen LogP contribution in [0.15, 0.2) is 78.9 Å². The fourth-order valence-corrected chi connectivity index (χ4v) is 2.23. The van der Waals surface area contributed by atoms with Gasteiger partial charge in [0, 0.05) is 5.69 Å². The van der Waals surface area contributed by atoms with Crippen LogP contribution in [0, 0.1) is 0 Å². The minimum absolute atomic E-state index is 0.230. The van der Waals surface area contributed by atoms with Gasteiger partial charge in [0.2, 0.25) is 0 Å². The van der Waals surface area contributed by atoms with Crippen molar-refractivity contribution in [3.8, 4) is 17.2 Å². The third-order valence-electron chi connectivity index (χ3n) is 3.45. The molecule has 24 heavy (non-hydrogen) atoms. The summed E-state index contributed by atoms with van der Waals surface area (Å²) in [6, 6.07) is 23.7. The molecule has 0 spiro atoms. The van der Waals surface area contributed by atoms with E-state index in [0.29, 0.717) is 22.7 Å². The van der Waals surface area contributed by atoms with Gasteiger partial charge in [-0.15, -0.1) is 0 Å². The van der Waals surface area contributed by atoms with Crippen molar-refractivity contribution in [1.82, 2.24) is 0 Å². The van der Waals surface area contributed by atoms with Crippen molar-refractivity contribution in [1.29, 1.82) is 0 Å². The number of benzene rings is 3. The van der Waals surface area contributed by atoms with Crippen LogP contribution < -0.4 is 14.8 Å². The highest BCUT2D eigenvalue weighted by Crippen LogP contribution is 2.26. The topological polar surface area (TPSA) is 47.6 Å². The van der Waals surface area contributed by atoms with Crippen LogP contribution >= 0.6 is 0 Å². The molecule has 4 heteroatoms. The van der Waals surface area contributed by atoms with E-state index in [9.17, 15) is 4.79 Å². The summed E-state index contributed by atoms with van der Waals surface area (Å²) in [5.74, 6) is 1.70. The first kappa shape index (κ1) is 15.6. The van der Waals surface area contributed by atoms with E-state index in [4.69, 9.17) is 9.47 Å². The zero-order valence-electron chi connectivity index (χ0n) is 13.2. The highest BCUT2D eigenvalue weighted by atomic mass is 16.5. The van der Waals surface area contributed by atoms with Crippen molar-refractivity contribution in [2.24, 2.45) is 0 Å². The van der Waals surface area contributed by atoms with Crippen LogP contribution in [0.3, 0.4) is 0 Å². The molecule has 0 fully saturated rings. The van der Waals surface area contributed by atoms with E-state index in [0.717, 1.165) is 5.75 Å². The summed E-state index contributed by atoms with van der Waals surface area (Å²) in [5, 5.41) is 2.86. The molecule has 3 aromatic carbocycles. The van der Waals surface area contributed by atoms with E-state index in [1.54, 1.807) is 49.6 Å². The number of methoxy groups -OCH3 is 1. The predicted octanol–water partition coefficient (Wildman–Crippen LogP) is 4.74. The van der Waals surface area contributed by atoms with E-state index < -0.39 is 0 Å². The molecule has 0 bridgehead atoms. The van der Waals surface area contributed by atoms with Gasteiger partial charge in [-0.1, -0.05) is 30.3 Å². The fraction of sp³-hybridized carbons (Fsp3) is 0.0500. The highest BCUT2D eigenvalue weighted by molar-refractivity contribution is 6.06. The standard InChI is InChI=1S/C20H17NO3/c1-23-16-13-11-15(12-14-16)21-20(22)18-9-5-6-10-19(18)24-17-7-3-2-4-8-17/h2-14H,1H3,(H,21,22). The lowest BCUT2D eigenvalue weighted by molar-refractivity contribution is 0.102. The molecule has 120 valence electrons. The van der Waals surface area contributed by atoms with Crippen LogP contribution in [0.1, 0.15) is 10.4 Å². The van der Waals surface area contributed by atoms with Crippen LogP contribution in [0.4, 0.5) is 5.69 Å². The van der Waals surface area contributed by atoms with Crippen molar-refractivity contribution in [2.45, 2.75) is 0 Å². The molecule has 0 aromatic heterocycles. The second-order valence-electron chi connectivity index (χ2n) is 5.09. The molecular formula is C20H17NO3. The maximum atomic E-state index is 12.6. The third kappa shape index (κ3) is 3.73. The molecule has 4 nitrogen and oxygen atoms in total. The SMILES string of the molecule is COc1ccc(NC(=O)c2ccccc2Oc2ccccc2)cc1. The zero-order chi connectivity index (χ0) is 16.8. The Hall–Kier alpha value is -3.27. The lowest BCUT2D eigenvalue weighted by atomic mass is 10.1. The molecule has 0 aliphatic carbocycles. The van der Waals surface area contributed by atoms with E-state index in [1.165, 1.54) is 0 Å². The summed E-state index contributed by atoms with van der Waals surface area (Å²) in [7, 11) is 1.60. The van der Waals surface area contributed by atoms with Crippen molar-refractivity contribution < 1.29 is 14.3 Å². The number of anilines is 1. The first-order valence-electron chi connectivity index (χ1n) is 7.53. The number of hydrogen-bond donors (Lipinski definition) is 1. The number of para-hydroxylation sites is 2. The second-order valence-corrected chi connectivity index (χ2v) is 5.09. The Kier molecular flexibility index (Phi) is 4.77. The molecule has 0 atom stereocenters. The number of rotatable bonds is 5. The molecule has 1 N–H and O–H groups in total. The minimum atomic E-state index is -0.230. The second kappa shape index (κ2) is 7.33. The molecule has 0 aliphatic heterocycles. The lowest BCUT2D eigenvalue weighted by Gasteiger charge is -2.11. The molecular weight excluding hydrogens is 302 g/mol. The maximum absolute atomic E-state index is 12.6. The Morgan fingerprint density at radius 2 is 1.46 bits per heavy atom. The van der Waals surface area contributed by atoms with Gasteiger partial charge in [-0.2, -0.15) is 0 Å². The summed E-state index contributed by atoms with van der Waals surface area (Å²) in [6.45, 7) is 0. The van der Waals surface area contributed by atoms with E-state index in [1.807, 2.05) is 36.4 Å². The summed E-state index contributed by atoms with van der Waals surface area (Å²) >= 11 is 0. The van der Waals surface area contributed by atoms with Gasteiger partial charge in [0.15, 0.2) is 0 Å². The fourth-order valence-electron chi connectivity index (χ4n) is 2.23. The third-order valence-corrected chi connectivity index (χ3v) is 3.45. The van der Waals surface area contributed by atoms with Crippen molar-refractivity contribution >= 4 is 11.6 Å². The molecule has 0 saturated heterocycles. The Bertz CT molecular complexity index is 814. The Morgan fingerprint density at radius 1 is 0.792 bits per heavy atom. The summed E-state index contributed by atoms with van der Waals surface area (Å²) < 4.78 is 10.9. The molecule has 0 unspecified atom stereocenters. The predicted molar refractivity (Wildman–Crippen MR) is 93.9 cm³/mol. The average Bonchev–Trinajstić information content (AvgIpc) is 2.63. The average molecular weight is 319 g/mol. The first-order chi connectivity index (χ1) is 11.8. The van der Waals surface area contributed by atoms with Gasteiger partial charge in [-0.25, -0.2) is 0 Å². The van der Waals surface area contributed by atoms with Crippen LogP contribution in [-0.2, 0) is 0 Å². The molecule has 1 amide bonds. The van der Waals surface area contributed by atoms with Crippen LogP contribution in [-0.4, -0.2) is 13.0 Å². The van der Waals surface area contributed by atoms with Crippen LogP contribution in [0.5, 0.6) is 17.2 Å². The van der Waals surface area contributed by atoms with E-state index in [-0.39, 0.29) is 5.91 Å². The maximum Gasteiger partial charge on any atom is 0.259 e. The van der Waals surface area contributed by atoms with Gasteiger partial charge in [0.25, 0.3) is 5.91 Å². The number of nitrogens with one attached hydrogen (secondary N) is 1. The number of carbonyl (C=O) groups is 1. The smallest absolute Gasteiger partial charge is 0.259 e. The molecule has 0 saturated carbocycles. The first-order valence-corrected chi connectivity index (χ1v) is 7.53. The van der Waals surface area contributed by atoms with Crippen LogP contribution in [0.2, 0.25) is 0 Å². The number of amides is 1. The Labute approximate surface area is 140 Å². The van der Waals surface area contributed by atoms with Gasteiger partial charge in [-0.05, 0) is 48.5 Å². The zero-order valence-corrected chi connectivity index (χ0v) is 13.2. The molecule has 0 aliphatic rings. The summed E-state index contributed by atoms with van der Waals surface area (Å²) in [6.07, 6.45) is 0. The van der Waals surface area contributed by atoms with Gasteiger partial charge < -0.3 is 14.8 Å². The Balaban J connectivity index is 1.79. The van der Waals surface area contributed by atoms with Crippen molar-refractivity contribution in [2.75, 3.05) is 12.4 Å². The molecule has 3 aromatic rings. The number of hydrogen-bond acceptors (Lipinski definition) is 3. The van der Waals surface area contributed by atoms with Gasteiger partial charge in [0.05, 0.1) is 12.7 Å². The van der Waals surface area contributed by atoms with Crippen molar-refractivity contribution in [3.63, 3.8) is 0 Å². The normalized spacial score (nSPS) is 10.0. The van der Waals surface area contributed by atoms with Crippen LogP contribution in [0.25, 0.3) is 0 Å². The van der Waals surface area contributed by atoms with Crippen molar-refractivity contribution in [3.05, 3.63) is 84.4 Å².